The van der Waals surface area contributed by atoms with E-state index in [0.717, 1.165) is 0 Å². The summed E-state index contributed by atoms with van der Waals surface area (Å²) in [4.78, 5) is 23.3. The molecule has 9 heavy (non-hydrogen) atoms. The van der Waals surface area contributed by atoms with E-state index in [1.54, 1.807) is 0 Å². The number of carbonyl (C=O) groups is 2. The number of hydrogen-bond donors (Lipinski definition) is 0. The van der Waals surface area contributed by atoms with Crippen LogP contribution in [0.2, 0.25) is 0 Å². The third-order valence-corrected chi connectivity index (χ3v) is 0.886. The highest BCUT2D eigenvalue weighted by Gasteiger charge is 2.31. The lowest BCUT2D eigenvalue weighted by atomic mass is 10.1. The van der Waals surface area contributed by atoms with Crippen LogP contribution in [0.4, 0.5) is 0 Å². The van der Waals surface area contributed by atoms with Gasteiger partial charge in [-0.2, -0.15) is 0 Å². The van der Waals surface area contributed by atoms with Crippen molar-refractivity contribution in [3.05, 3.63) is 4.98 Å². The van der Waals surface area contributed by atoms with Gasteiger partial charge in [0, 0.05) is 13.8 Å². The normalized spacial score (nSPS) is 8.67. The molecule has 0 saturated carbocycles. The second-order valence-electron chi connectivity index (χ2n) is 1.74. The lowest BCUT2D eigenvalue weighted by molar-refractivity contribution is -0.125. The number of ketones is 2. The topological polar surface area (TPSA) is 62.3 Å². The molecule has 0 heterocycles. The third kappa shape index (κ3) is 2.00. The van der Waals surface area contributed by atoms with Crippen molar-refractivity contribution in [1.29, 1.82) is 5.39 Å². The average Bonchev–Trinajstić information content (AvgIpc) is 1.64. The SMILES string of the molecule is CC(=O)C([N+]#N)C(C)=O. The number of hydrogen-bond acceptors (Lipinski definition) is 3. The van der Waals surface area contributed by atoms with E-state index in [4.69, 9.17) is 5.39 Å². The first-order valence-corrected chi connectivity index (χ1v) is 2.44. The lowest BCUT2D eigenvalue weighted by Crippen LogP contribution is -2.21. The van der Waals surface area contributed by atoms with Crippen molar-refractivity contribution in [3.8, 4) is 0 Å². The van der Waals surface area contributed by atoms with Crippen molar-refractivity contribution in [1.82, 2.24) is 0 Å². The highest BCUT2D eigenvalue weighted by atomic mass is 16.2. The third-order valence-electron chi connectivity index (χ3n) is 0.886. The van der Waals surface area contributed by atoms with Crippen LogP contribution in [0.15, 0.2) is 0 Å². The second kappa shape index (κ2) is 2.92. The van der Waals surface area contributed by atoms with Gasteiger partial charge in [-0.25, -0.2) is 0 Å². The predicted octanol–water partition coefficient (Wildman–Crippen LogP) is 0.386. The van der Waals surface area contributed by atoms with E-state index in [1.807, 2.05) is 0 Å². The Morgan fingerprint density at radius 1 is 1.33 bits per heavy atom. The van der Waals surface area contributed by atoms with Gasteiger partial charge in [0.25, 0.3) is 0 Å². The van der Waals surface area contributed by atoms with Crippen molar-refractivity contribution in [2.45, 2.75) is 19.9 Å². The molecule has 0 amide bonds. The largest absolute Gasteiger partial charge is 0.427 e. The van der Waals surface area contributed by atoms with Gasteiger partial charge in [0.2, 0.25) is 17.0 Å². The van der Waals surface area contributed by atoms with Crippen molar-refractivity contribution in [2.75, 3.05) is 0 Å². The van der Waals surface area contributed by atoms with E-state index in [2.05, 4.69) is 4.98 Å². The van der Waals surface area contributed by atoms with E-state index >= 15 is 0 Å². The summed E-state index contributed by atoms with van der Waals surface area (Å²) in [7, 11) is 0. The highest BCUT2D eigenvalue weighted by Crippen LogP contribution is 1.92. The molecule has 0 fully saturated rings. The van der Waals surface area contributed by atoms with Gasteiger partial charge in [-0.15, -0.1) is 0 Å². The molecule has 4 heteroatoms. The first-order chi connectivity index (χ1) is 4.09. The molecule has 0 N–H and O–H groups in total. The van der Waals surface area contributed by atoms with Gasteiger partial charge in [0.15, 0.2) is 0 Å². The lowest BCUT2D eigenvalue weighted by Gasteiger charge is -1.82. The van der Waals surface area contributed by atoms with Gasteiger partial charge >= 0.3 is 6.04 Å². The van der Waals surface area contributed by atoms with Gasteiger partial charge < -0.3 is 0 Å². The minimum atomic E-state index is -1.18. The summed E-state index contributed by atoms with van der Waals surface area (Å²) in [5.41, 5.74) is 0. The number of rotatable bonds is 2. The van der Waals surface area contributed by atoms with Crippen LogP contribution in [0.3, 0.4) is 0 Å². The zero-order valence-electron chi connectivity index (χ0n) is 5.29. The molecular weight excluding hydrogens is 120 g/mol. The summed E-state index contributed by atoms with van der Waals surface area (Å²) in [6.07, 6.45) is 0. The molecule has 0 saturated heterocycles. The van der Waals surface area contributed by atoms with Crippen LogP contribution in [0.25, 0.3) is 4.98 Å². The standard InChI is InChI=1S/C5H7N2O2/c1-3(8)5(7-6)4(2)9/h5H,1-2H3/q+1. The fraction of sp³-hybridized carbons (Fsp3) is 0.600. The minimum Gasteiger partial charge on any atom is -0.290 e. The maximum atomic E-state index is 10.3. The molecule has 4 nitrogen and oxygen atoms in total. The van der Waals surface area contributed by atoms with Crippen molar-refractivity contribution in [2.24, 2.45) is 0 Å². The first kappa shape index (κ1) is 7.76. The Labute approximate surface area is 52.5 Å². The fourth-order valence-electron chi connectivity index (χ4n) is 0.449. The molecule has 0 aromatic heterocycles. The Bertz CT molecular complexity index is 166. The Morgan fingerprint density at radius 2 is 1.67 bits per heavy atom. The summed E-state index contributed by atoms with van der Waals surface area (Å²) >= 11 is 0. The number of nitrogens with zero attached hydrogens (tertiary/aromatic N) is 2. The Morgan fingerprint density at radius 3 is 1.67 bits per heavy atom. The van der Waals surface area contributed by atoms with Gasteiger partial charge in [0.05, 0.1) is 0 Å². The van der Waals surface area contributed by atoms with Gasteiger partial charge in [-0.1, -0.05) is 0 Å². The van der Waals surface area contributed by atoms with Crippen molar-refractivity contribution < 1.29 is 9.59 Å². The number of carbonyl (C=O) groups excluding carboxylic acids is 2. The van der Waals surface area contributed by atoms with Crippen LogP contribution in [0.5, 0.6) is 0 Å². The number of diazo groups is 1. The first-order valence-electron chi connectivity index (χ1n) is 2.44. The van der Waals surface area contributed by atoms with E-state index in [1.165, 1.54) is 13.8 Å². The second-order valence-corrected chi connectivity index (χ2v) is 1.74. The van der Waals surface area contributed by atoms with Crippen LogP contribution < -0.4 is 0 Å². The van der Waals surface area contributed by atoms with Gasteiger partial charge in [-0.3, -0.25) is 9.59 Å². The molecule has 0 aliphatic rings. The van der Waals surface area contributed by atoms with E-state index in [0.29, 0.717) is 0 Å². The summed E-state index contributed by atoms with van der Waals surface area (Å²) in [5.74, 6) is -0.880. The molecule has 0 rings (SSSR count). The van der Waals surface area contributed by atoms with E-state index < -0.39 is 17.6 Å². The smallest absolute Gasteiger partial charge is 0.290 e. The van der Waals surface area contributed by atoms with Gasteiger partial charge in [0.1, 0.15) is 4.98 Å². The summed E-state index contributed by atoms with van der Waals surface area (Å²) < 4.78 is 0. The van der Waals surface area contributed by atoms with E-state index in [9.17, 15) is 9.59 Å². The van der Waals surface area contributed by atoms with Crippen LogP contribution in [-0.2, 0) is 9.59 Å². The Kier molecular flexibility index (Phi) is 2.52. The van der Waals surface area contributed by atoms with Crippen LogP contribution >= 0.6 is 0 Å². The Hall–Kier alpha value is -1.24. The molecule has 0 unspecified atom stereocenters. The predicted molar refractivity (Wildman–Crippen MR) is 30.2 cm³/mol. The monoisotopic (exact) mass is 127 g/mol. The summed E-state index contributed by atoms with van der Waals surface area (Å²) in [6, 6.07) is -1.18. The number of Topliss-reactive ketones (excluding diaryl/α,β-unsaturated/α-hetero) is 2. The van der Waals surface area contributed by atoms with Crippen LogP contribution in [0.1, 0.15) is 13.8 Å². The molecule has 0 atom stereocenters. The molecule has 0 aromatic carbocycles. The van der Waals surface area contributed by atoms with Crippen molar-refractivity contribution in [3.63, 3.8) is 0 Å². The maximum Gasteiger partial charge on any atom is 0.427 e. The zero-order chi connectivity index (χ0) is 7.44. The van der Waals surface area contributed by atoms with E-state index in [-0.39, 0.29) is 0 Å². The fourth-order valence-corrected chi connectivity index (χ4v) is 0.449. The molecule has 48 valence electrons. The molecule has 0 aromatic rings. The van der Waals surface area contributed by atoms with Gasteiger partial charge in [-0.05, 0) is 0 Å². The summed E-state index contributed by atoms with van der Waals surface area (Å²) in [5, 5.41) is 8.05. The zero-order valence-corrected chi connectivity index (χ0v) is 5.29. The molecular formula is C5H7N2O2+. The van der Waals surface area contributed by atoms with Crippen LogP contribution in [0, 0.1) is 5.39 Å². The minimum absolute atomic E-state index is 0.440. The Balaban J connectivity index is 4.22. The van der Waals surface area contributed by atoms with Crippen molar-refractivity contribution >= 4 is 11.6 Å². The highest BCUT2D eigenvalue weighted by molar-refractivity contribution is 6.05. The molecule has 0 aliphatic carbocycles. The summed E-state index contributed by atoms with van der Waals surface area (Å²) in [6.45, 7) is 2.40. The molecule has 0 bridgehead atoms. The molecule has 0 aliphatic heterocycles. The average molecular weight is 127 g/mol. The molecule has 0 spiro atoms. The quantitative estimate of drug-likeness (QED) is 0.398. The molecule has 0 radical (unpaired) electrons. The van der Waals surface area contributed by atoms with Crippen LogP contribution in [-0.4, -0.2) is 17.6 Å². The maximum absolute atomic E-state index is 10.3.